The minimum atomic E-state index is -4.92. The Morgan fingerprint density at radius 3 is 2.38 bits per heavy atom. The van der Waals surface area contributed by atoms with Gasteiger partial charge in [0.05, 0.1) is 7.05 Å². The third kappa shape index (κ3) is 12.3. The number of anilines is 3. The van der Waals surface area contributed by atoms with Crippen LogP contribution in [0.25, 0.3) is 0 Å². The van der Waals surface area contributed by atoms with Crippen LogP contribution in [0.2, 0.25) is 0 Å². The van der Waals surface area contributed by atoms with Crippen LogP contribution >= 0.6 is 23.3 Å². The molecule has 2 aliphatic heterocycles. The van der Waals surface area contributed by atoms with Crippen molar-refractivity contribution in [2.45, 2.75) is 69.1 Å². The van der Waals surface area contributed by atoms with Crippen molar-refractivity contribution in [2.24, 2.45) is 23.7 Å². The Bertz CT molecular complexity index is 2080. The highest BCUT2D eigenvalue weighted by Crippen LogP contribution is 2.40. The average Bonchev–Trinajstić information content (AvgIpc) is 3.66. The molecular formula is C29H43N13O13S3. The standard InChI is InChI=1S/C29H41N13O9S2.H2O4S/c1-29(2,27(49)50)51-38-17(21-37-28(33)53-39-21)23(45)36-18-24(46)42-19(26(47)48)13(12-52-25(18)42)10-41-11-15(20(32)40(41)3)35-22(44)14(6-4-5-8-30)34-16(43)7-9-31;1-5(2,3)4/h11,14,18,25,32H,4-10,12,30-31H2,1-3H3,(H7,33,34,35,36,37,39,43,44,45,47,48,49,50);(H2,1,2,3,4)/b38-17-;/t14-,18+,25+;/m0./s1. The van der Waals surface area contributed by atoms with Crippen molar-refractivity contribution in [3.05, 3.63) is 23.3 Å². The number of oxime groups is 1. The van der Waals surface area contributed by atoms with Gasteiger partial charge in [-0.05, 0) is 39.7 Å². The van der Waals surface area contributed by atoms with Crippen molar-refractivity contribution < 1.29 is 66.0 Å². The molecule has 0 radical (unpaired) electrons. The summed E-state index contributed by atoms with van der Waals surface area (Å²) in [6.45, 7) is 2.89. The van der Waals surface area contributed by atoms with E-state index in [1.807, 2.05) is 0 Å². The van der Waals surface area contributed by atoms with E-state index in [0.29, 0.717) is 31.4 Å². The number of rotatable bonds is 18. The van der Waals surface area contributed by atoms with Crippen molar-refractivity contribution >= 4 is 91.6 Å². The van der Waals surface area contributed by atoms with Gasteiger partial charge in [-0.15, -0.1) is 21.1 Å². The molecule has 58 heavy (non-hydrogen) atoms. The zero-order valence-electron chi connectivity index (χ0n) is 31.1. The number of nitrogens with two attached hydrogens (primary N) is 4. The molecule has 0 saturated carbocycles. The summed E-state index contributed by atoms with van der Waals surface area (Å²) >= 11 is 1.93. The molecule has 2 aromatic rings. The van der Waals surface area contributed by atoms with Crippen molar-refractivity contribution in [2.75, 3.05) is 35.6 Å². The van der Waals surface area contributed by atoms with Crippen LogP contribution in [0.15, 0.2) is 22.6 Å². The molecule has 26 nitrogen and oxygen atoms in total. The summed E-state index contributed by atoms with van der Waals surface area (Å²) in [7, 11) is -3.32. The summed E-state index contributed by atoms with van der Waals surface area (Å²) in [6.07, 6.45) is 3.10. The molecule has 0 aliphatic carbocycles. The smallest absolute Gasteiger partial charge is 0.352 e. The van der Waals surface area contributed by atoms with Crippen LogP contribution in [0.4, 0.5) is 16.6 Å². The lowest BCUT2D eigenvalue weighted by Crippen LogP contribution is -2.71. The van der Waals surface area contributed by atoms with E-state index in [1.165, 1.54) is 36.5 Å². The van der Waals surface area contributed by atoms with E-state index in [9.17, 15) is 39.0 Å². The number of aromatic nitrogens is 4. The number of hydrogen-bond acceptors (Lipinski definition) is 19. The van der Waals surface area contributed by atoms with Crippen LogP contribution in [0.1, 0.15) is 45.4 Å². The molecular weight excluding hydrogens is 835 g/mol. The first-order valence-corrected chi connectivity index (χ1v) is 20.0. The maximum Gasteiger partial charge on any atom is 0.352 e. The lowest BCUT2D eigenvalue weighted by Gasteiger charge is -2.49. The summed E-state index contributed by atoms with van der Waals surface area (Å²) in [5.41, 5.74) is 20.9. The van der Waals surface area contributed by atoms with Gasteiger partial charge in [-0.2, -0.15) is 9.36 Å². The predicted octanol–water partition coefficient (Wildman–Crippen LogP) is -3.74. The van der Waals surface area contributed by atoms with E-state index in [-0.39, 0.29) is 59.3 Å². The normalized spacial score (nSPS) is 17.3. The highest BCUT2D eigenvalue weighted by atomic mass is 32.3. The molecule has 4 rings (SSSR count). The maximum atomic E-state index is 13.4. The monoisotopic (exact) mass is 877 g/mol. The van der Waals surface area contributed by atoms with Gasteiger partial charge in [0, 0.05) is 35.8 Å². The van der Waals surface area contributed by atoms with Gasteiger partial charge in [0.25, 0.3) is 11.8 Å². The lowest BCUT2D eigenvalue weighted by atomic mass is 10.0. The van der Waals surface area contributed by atoms with E-state index in [4.69, 9.17) is 45.3 Å². The van der Waals surface area contributed by atoms with E-state index in [2.05, 4.69) is 30.5 Å². The van der Waals surface area contributed by atoms with Gasteiger partial charge in [-0.3, -0.25) is 28.6 Å². The summed E-state index contributed by atoms with van der Waals surface area (Å²) in [5, 5.41) is 30.3. The maximum absolute atomic E-state index is 13.4. The highest BCUT2D eigenvalue weighted by Gasteiger charge is 2.55. The second-order valence-corrected chi connectivity index (χ2v) is 15.6. The van der Waals surface area contributed by atoms with E-state index >= 15 is 0 Å². The first-order valence-electron chi connectivity index (χ1n) is 16.8. The second-order valence-electron chi connectivity index (χ2n) is 12.8. The van der Waals surface area contributed by atoms with Crippen LogP contribution in [-0.2, 0) is 57.6 Å². The Morgan fingerprint density at radius 1 is 1.17 bits per heavy atom. The molecule has 14 N–H and O–H groups in total. The van der Waals surface area contributed by atoms with Crippen molar-refractivity contribution in [3.63, 3.8) is 0 Å². The number of aliphatic carboxylic acids is 2. The number of carboxylic acid groups (broad SMARTS) is 2. The molecule has 4 heterocycles. The van der Waals surface area contributed by atoms with E-state index in [0.717, 1.165) is 16.4 Å². The zero-order chi connectivity index (χ0) is 43.7. The van der Waals surface area contributed by atoms with Crippen molar-refractivity contribution in [3.8, 4) is 0 Å². The molecule has 0 aromatic carbocycles. The van der Waals surface area contributed by atoms with E-state index in [1.54, 1.807) is 11.7 Å². The van der Waals surface area contributed by atoms with Crippen molar-refractivity contribution in [1.82, 2.24) is 29.6 Å². The van der Waals surface area contributed by atoms with Crippen LogP contribution in [0.3, 0.4) is 0 Å². The van der Waals surface area contributed by atoms with Gasteiger partial charge in [0.2, 0.25) is 45.5 Å². The average molecular weight is 878 g/mol. The largest absolute Gasteiger partial charge is 0.726 e. The van der Waals surface area contributed by atoms with E-state index < -0.39 is 68.8 Å². The molecule has 1 saturated heterocycles. The number of nitrogen functional groups attached to an aromatic ring is 2. The summed E-state index contributed by atoms with van der Waals surface area (Å²) < 4.78 is 39.8. The fraction of sp³-hybridized carbons (Fsp3) is 0.517. The fourth-order valence-corrected chi connectivity index (χ4v) is 6.94. The Morgan fingerprint density at radius 2 is 1.83 bits per heavy atom. The minimum Gasteiger partial charge on any atom is -0.726 e. The van der Waals surface area contributed by atoms with Crippen LogP contribution in [0, 0.1) is 0 Å². The number of amides is 4. The number of unbranched alkanes of at least 4 members (excludes halogenated alkanes) is 1. The van der Waals surface area contributed by atoms with Crippen LogP contribution in [0.5, 0.6) is 0 Å². The van der Waals surface area contributed by atoms with Gasteiger partial charge in [0.15, 0.2) is 23.2 Å². The molecule has 0 unspecified atom stereocenters. The number of nitrogens with one attached hydrogen (secondary N) is 3. The summed E-state index contributed by atoms with van der Waals surface area (Å²) in [5.74, 6) is -5.39. The minimum absolute atomic E-state index is 0.0165. The molecule has 0 spiro atoms. The number of hydrogen-bond donors (Lipinski definition) is 10. The number of β-lactam (4-membered cyclic amide) rings is 1. The zero-order valence-corrected chi connectivity index (χ0v) is 33.6. The SMILES string of the molecule is Cn1c(N)c(NC(=O)[C@H](CCCCN)NC(=O)CCN)c[n+]1CC1=C(C(=O)O)N2C(=O)[C@@H](NC(=O)/C(=N\OC(C)(C)C(=O)O)c3nsc(N)n3)[C@H]2SC1.O=S(=O)([O-])O. The summed E-state index contributed by atoms with van der Waals surface area (Å²) in [6, 6.07) is -2.07. The number of nitrogens with zero attached hydrogens (tertiary/aromatic N) is 6. The van der Waals surface area contributed by atoms with Crippen molar-refractivity contribution in [1.29, 1.82) is 0 Å². The van der Waals surface area contributed by atoms with Gasteiger partial charge >= 0.3 is 11.9 Å². The first kappa shape index (κ1) is 46.9. The Kier molecular flexibility index (Phi) is 16.0. The van der Waals surface area contributed by atoms with Gasteiger partial charge < -0.3 is 58.5 Å². The molecule has 2 aromatic heterocycles. The quantitative estimate of drug-likeness (QED) is 0.0131. The number of thioether (sulfide) groups is 1. The lowest BCUT2D eigenvalue weighted by molar-refractivity contribution is -0.765. The highest BCUT2D eigenvalue weighted by molar-refractivity contribution is 8.00. The Balaban J connectivity index is 0.00000169. The summed E-state index contributed by atoms with van der Waals surface area (Å²) in [4.78, 5) is 86.3. The fourth-order valence-electron chi connectivity index (χ4n) is 5.17. The molecule has 3 atom stereocenters. The molecule has 1 fully saturated rings. The molecule has 29 heteroatoms. The third-order valence-electron chi connectivity index (χ3n) is 8.15. The number of carbonyl (C=O) groups excluding carboxylic acids is 4. The number of fused-ring (bicyclic) bond motifs is 1. The van der Waals surface area contributed by atoms with Crippen LogP contribution in [-0.4, -0.2) is 130 Å². The Labute approximate surface area is 338 Å². The number of carboxylic acids is 2. The second kappa shape index (κ2) is 19.8. The number of carbonyl (C=O) groups is 6. The predicted molar refractivity (Wildman–Crippen MR) is 203 cm³/mol. The van der Waals surface area contributed by atoms with Gasteiger partial charge in [0.1, 0.15) is 23.2 Å². The molecule has 0 bridgehead atoms. The third-order valence-corrected chi connectivity index (χ3v) is 10.0. The van der Waals surface area contributed by atoms with Gasteiger partial charge in [-0.25, -0.2) is 18.0 Å². The molecule has 2 aliphatic rings. The molecule has 4 amide bonds. The Hall–Kier alpha value is -5.46. The topological polar surface area (TPSA) is 420 Å². The van der Waals surface area contributed by atoms with Crippen LogP contribution < -0.4 is 43.6 Å². The van der Waals surface area contributed by atoms with Gasteiger partial charge in [-0.1, -0.05) is 5.16 Å². The first-order chi connectivity index (χ1) is 27.0. The molecule has 320 valence electrons.